The third-order valence-corrected chi connectivity index (χ3v) is 4.99. The fraction of sp³-hybridized carbons (Fsp3) is 0.667. The van der Waals surface area contributed by atoms with E-state index in [2.05, 4.69) is 48.3 Å². The summed E-state index contributed by atoms with van der Waals surface area (Å²) in [4.78, 5) is 2.62. The van der Waals surface area contributed by atoms with Gasteiger partial charge in [-0.05, 0) is 48.8 Å². The van der Waals surface area contributed by atoms with Crippen LogP contribution in [-0.4, -0.2) is 24.0 Å². The predicted molar refractivity (Wildman–Crippen MR) is 84.5 cm³/mol. The van der Waals surface area contributed by atoms with E-state index in [-0.39, 0.29) is 0 Å². The molecular weight excluding hydrogens is 244 g/mol. The van der Waals surface area contributed by atoms with E-state index in [1.54, 1.807) is 0 Å². The van der Waals surface area contributed by atoms with Gasteiger partial charge >= 0.3 is 0 Å². The first-order valence-electron chi connectivity index (χ1n) is 8.24. The van der Waals surface area contributed by atoms with Gasteiger partial charge in [0.1, 0.15) is 0 Å². The lowest BCUT2D eigenvalue weighted by atomic mass is 9.88. The molecule has 0 radical (unpaired) electrons. The SMILES string of the molecule is CC1CCN(Cc2cccc(CNC3CC3)c2)CC1C. The second-order valence-corrected chi connectivity index (χ2v) is 6.95. The topological polar surface area (TPSA) is 15.3 Å². The lowest BCUT2D eigenvalue weighted by molar-refractivity contribution is 0.132. The molecular formula is C18H28N2. The first-order valence-corrected chi connectivity index (χ1v) is 8.24. The number of piperidine rings is 1. The molecule has 2 nitrogen and oxygen atoms in total. The number of likely N-dealkylation sites (tertiary alicyclic amines) is 1. The van der Waals surface area contributed by atoms with Crippen molar-refractivity contribution < 1.29 is 0 Å². The van der Waals surface area contributed by atoms with Crippen LogP contribution in [0.5, 0.6) is 0 Å². The summed E-state index contributed by atoms with van der Waals surface area (Å²) in [7, 11) is 0. The average Bonchev–Trinajstić information content (AvgIpc) is 3.25. The first kappa shape index (κ1) is 14.1. The average molecular weight is 272 g/mol. The Morgan fingerprint density at radius 3 is 2.65 bits per heavy atom. The highest BCUT2D eigenvalue weighted by Crippen LogP contribution is 2.24. The first-order chi connectivity index (χ1) is 9.70. The van der Waals surface area contributed by atoms with Crippen molar-refractivity contribution >= 4 is 0 Å². The van der Waals surface area contributed by atoms with Crippen molar-refractivity contribution in [3.05, 3.63) is 35.4 Å². The molecule has 1 saturated heterocycles. The number of hydrogen-bond acceptors (Lipinski definition) is 2. The maximum Gasteiger partial charge on any atom is 0.0233 e. The minimum atomic E-state index is 0.795. The van der Waals surface area contributed by atoms with E-state index in [9.17, 15) is 0 Å². The molecule has 0 spiro atoms. The zero-order chi connectivity index (χ0) is 13.9. The monoisotopic (exact) mass is 272 g/mol. The van der Waals surface area contributed by atoms with E-state index < -0.39 is 0 Å². The molecule has 1 aliphatic heterocycles. The van der Waals surface area contributed by atoms with Gasteiger partial charge in [-0.2, -0.15) is 0 Å². The van der Waals surface area contributed by atoms with Gasteiger partial charge in [-0.25, -0.2) is 0 Å². The normalized spacial score (nSPS) is 27.7. The molecule has 2 heteroatoms. The minimum absolute atomic E-state index is 0.795. The van der Waals surface area contributed by atoms with Gasteiger partial charge in [-0.15, -0.1) is 0 Å². The summed E-state index contributed by atoms with van der Waals surface area (Å²) in [6, 6.07) is 9.93. The van der Waals surface area contributed by atoms with E-state index in [4.69, 9.17) is 0 Å². The molecule has 1 saturated carbocycles. The van der Waals surface area contributed by atoms with Gasteiger partial charge in [-0.3, -0.25) is 4.90 Å². The predicted octanol–water partition coefficient (Wildman–Crippen LogP) is 3.42. The quantitative estimate of drug-likeness (QED) is 0.883. The second-order valence-electron chi connectivity index (χ2n) is 6.95. The lowest BCUT2D eigenvalue weighted by Gasteiger charge is -2.35. The van der Waals surface area contributed by atoms with E-state index in [0.717, 1.165) is 31.0 Å². The van der Waals surface area contributed by atoms with Crippen molar-refractivity contribution in [2.75, 3.05) is 13.1 Å². The summed E-state index contributed by atoms with van der Waals surface area (Å²) in [5.41, 5.74) is 2.91. The molecule has 1 aliphatic carbocycles. The smallest absolute Gasteiger partial charge is 0.0233 e. The molecule has 0 amide bonds. The molecule has 3 rings (SSSR count). The number of nitrogens with one attached hydrogen (secondary N) is 1. The number of hydrogen-bond donors (Lipinski definition) is 1. The van der Waals surface area contributed by atoms with E-state index in [1.807, 2.05) is 0 Å². The Morgan fingerprint density at radius 2 is 1.90 bits per heavy atom. The molecule has 110 valence electrons. The molecule has 1 aromatic rings. The highest BCUT2D eigenvalue weighted by atomic mass is 15.1. The zero-order valence-electron chi connectivity index (χ0n) is 12.9. The Morgan fingerprint density at radius 1 is 1.10 bits per heavy atom. The van der Waals surface area contributed by atoms with Gasteiger partial charge in [0.05, 0.1) is 0 Å². The van der Waals surface area contributed by atoms with Gasteiger partial charge in [0.2, 0.25) is 0 Å². The summed E-state index contributed by atoms with van der Waals surface area (Å²) in [5, 5.41) is 3.60. The molecule has 1 N–H and O–H groups in total. The van der Waals surface area contributed by atoms with Crippen molar-refractivity contribution in [2.45, 2.75) is 52.2 Å². The van der Waals surface area contributed by atoms with Crippen LogP contribution in [0.2, 0.25) is 0 Å². The van der Waals surface area contributed by atoms with Crippen LogP contribution in [0.25, 0.3) is 0 Å². The van der Waals surface area contributed by atoms with Crippen LogP contribution in [0.1, 0.15) is 44.2 Å². The summed E-state index contributed by atoms with van der Waals surface area (Å²) in [5.74, 6) is 1.73. The Kier molecular flexibility index (Phi) is 4.42. The Labute approximate surface area is 123 Å². The molecule has 2 unspecified atom stereocenters. The van der Waals surface area contributed by atoms with Gasteiger partial charge in [0, 0.05) is 25.7 Å². The third kappa shape index (κ3) is 3.83. The van der Waals surface area contributed by atoms with E-state index >= 15 is 0 Å². The van der Waals surface area contributed by atoms with Crippen molar-refractivity contribution in [1.82, 2.24) is 10.2 Å². The Hall–Kier alpha value is -0.860. The van der Waals surface area contributed by atoms with E-state index in [0.29, 0.717) is 0 Å². The Bertz CT molecular complexity index is 439. The molecule has 2 aliphatic rings. The molecule has 2 atom stereocenters. The third-order valence-electron chi connectivity index (χ3n) is 4.99. The van der Waals surface area contributed by atoms with Gasteiger partial charge in [0.15, 0.2) is 0 Å². The molecule has 1 aromatic carbocycles. The summed E-state index contributed by atoms with van der Waals surface area (Å²) in [6.45, 7) is 9.46. The van der Waals surface area contributed by atoms with E-state index in [1.165, 1.54) is 43.5 Å². The number of rotatable bonds is 5. The number of nitrogens with zero attached hydrogens (tertiary/aromatic N) is 1. The molecule has 2 fully saturated rings. The lowest BCUT2D eigenvalue weighted by Crippen LogP contribution is -2.37. The fourth-order valence-corrected chi connectivity index (χ4v) is 3.14. The molecule has 0 bridgehead atoms. The van der Waals surface area contributed by atoms with Gasteiger partial charge in [-0.1, -0.05) is 38.1 Å². The molecule has 1 heterocycles. The molecule has 0 aromatic heterocycles. The summed E-state index contributed by atoms with van der Waals surface area (Å²) in [6.07, 6.45) is 4.08. The summed E-state index contributed by atoms with van der Waals surface area (Å²) < 4.78 is 0. The van der Waals surface area contributed by atoms with Crippen molar-refractivity contribution in [3.63, 3.8) is 0 Å². The van der Waals surface area contributed by atoms with Gasteiger partial charge in [0.25, 0.3) is 0 Å². The summed E-state index contributed by atoms with van der Waals surface area (Å²) >= 11 is 0. The van der Waals surface area contributed by atoms with Crippen LogP contribution in [0.15, 0.2) is 24.3 Å². The van der Waals surface area contributed by atoms with Crippen molar-refractivity contribution in [2.24, 2.45) is 11.8 Å². The largest absolute Gasteiger partial charge is 0.310 e. The Balaban J connectivity index is 1.54. The highest BCUT2D eigenvalue weighted by molar-refractivity contribution is 5.23. The van der Waals surface area contributed by atoms with Crippen LogP contribution in [0, 0.1) is 11.8 Å². The van der Waals surface area contributed by atoms with Crippen LogP contribution < -0.4 is 5.32 Å². The standard InChI is InChI=1S/C18H28N2/c1-14-8-9-20(12-15(14)2)13-17-5-3-4-16(10-17)11-19-18-6-7-18/h3-5,10,14-15,18-19H,6-9,11-13H2,1-2H3. The van der Waals surface area contributed by atoms with Crippen LogP contribution in [0.3, 0.4) is 0 Å². The zero-order valence-corrected chi connectivity index (χ0v) is 12.9. The fourth-order valence-electron chi connectivity index (χ4n) is 3.14. The maximum atomic E-state index is 3.60. The number of benzene rings is 1. The van der Waals surface area contributed by atoms with Crippen molar-refractivity contribution in [1.29, 1.82) is 0 Å². The van der Waals surface area contributed by atoms with Crippen LogP contribution in [-0.2, 0) is 13.1 Å². The maximum absolute atomic E-state index is 3.60. The highest BCUT2D eigenvalue weighted by Gasteiger charge is 2.22. The minimum Gasteiger partial charge on any atom is -0.310 e. The van der Waals surface area contributed by atoms with Crippen molar-refractivity contribution in [3.8, 4) is 0 Å². The second kappa shape index (κ2) is 6.28. The van der Waals surface area contributed by atoms with Crippen LogP contribution in [0.4, 0.5) is 0 Å². The van der Waals surface area contributed by atoms with Gasteiger partial charge < -0.3 is 5.32 Å². The molecule has 20 heavy (non-hydrogen) atoms. The van der Waals surface area contributed by atoms with Crippen LogP contribution >= 0.6 is 0 Å².